The Bertz CT molecular complexity index is 759. The van der Waals surface area contributed by atoms with Crippen molar-refractivity contribution >= 4 is 16.9 Å². The number of fused-ring (bicyclic) bond motifs is 1. The molecule has 2 N–H and O–H groups in total. The number of carboxylic acids is 1. The van der Waals surface area contributed by atoms with Crippen LogP contribution in [0.25, 0.3) is 22.4 Å². The predicted octanol–water partition coefficient (Wildman–Crippen LogP) is 3.58. The number of aliphatic carboxylic acids is 1. The summed E-state index contributed by atoms with van der Waals surface area (Å²) in [6.07, 6.45) is 1.84. The number of carbonyl (C=O) groups is 1. The molecule has 0 fully saturated rings. The van der Waals surface area contributed by atoms with Crippen LogP contribution in [0, 0.1) is 5.82 Å². The van der Waals surface area contributed by atoms with Crippen molar-refractivity contribution in [3.8, 4) is 11.5 Å². The highest BCUT2D eigenvalue weighted by molar-refractivity contribution is 5.90. The lowest BCUT2D eigenvalue weighted by Crippen LogP contribution is -1.98. The summed E-state index contributed by atoms with van der Waals surface area (Å²) in [7, 11) is 0. The van der Waals surface area contributed by atoms with Gasteiger partial charge in [-0.05, 0) is 42.3 Å². The van der Waals surface area contributed by atoms with Crippen LogP contribution in [0.3, 0.4) is 0 Å². The lowest BCUT2D eigenvalue weighted by molar-refractivity contribution is -0.136. The van der Waals surface area contributed by atoms with Crippen LogP contribution >= 0.6 is 0 Å². The van der Waals surface area contributed by atoms with Gasteiger partial charge in [-0.3, -0.25) is 4.79 Å². The van der Waals surface area contributed by atoms with Gasteiger partial charge < -0.3 is 14.5 Å². The second-order valence-corrected chi connectivity index (χ2v) is 4.54. The fraction of sp³-hybridized carbons (Fsp3) is 0.133. The maximum Gasteiger partial charge on any atom is 0.303 e. The number of halogens is 1. The van der Waals surface area contributed by atoms with Gasteiger partial charge in [-0.15, -0.1) is 0 Å². The molecule has 0 aliphatic carbocycles. The minimum atomic E-state index is -0.888. The third kappa shape index (κ3) is 2.18. The molecule has 0 unspecified atom stereocenters. The molecule has 0 aliphatic heterocycles. The van der Waals surface area contributed by atoms with Crippen molar-refractivity contribution in [3.05, 3.63) is 48.0 Å². The third-order valence-electron chi connectivity index (χ3n) is 3.22. The summed E-state index contributed by atoms with van der Waals surface area (Å²) in [5.74, 6) is -0.623. The quantitative estimate of drug-likeness (QED) is 0.763. The second kappa shape index (κ2) is 4.85. The van der Waals surface area contributed by atoms with Crippen LogP contribution in [-0.4, -0.2) is 16.1 Å². The number of aromatic nitrogens is 1. The fourth-order valence-electron chi connectivity index (χ4n) is 2.34. The normalized spacial score (nSPS) is 11.1. The van der Waals surface area contributed by atoms with Crippen LogP contribution in [0.4, 0.5) is 4.39 Å². The average molecular weight is 273 g/mol. The molecule has 3 aromatic rings. The first-order chi connectivity index (χ1) is 9.65. The second-order valence-electron chi connectivity index (χ2n) is 4.54. The zero-order chi connectivity index (χ0) is 14.1. The first-order valence-electron chi connectivity index (χ1n) is 6.21. The molecule has 4 nitrogen and oxygen atoms in total. The molecule has 0 atom stereocenters. The molecule has 102 valence electrons. The van der Waals surface area contributed by atoms with Crippen molar-refractivity contribution in [2.24, 2.45) is 0 Å². The Balaban J connectivity index is 2.17. The molecule has 5 heteroatoms. The molecular weight excluding hydrogens is 261 g/mol. The van der Waals surface area contributed by atoms with Crippen LogP contribution in [0.15, 0.2) is 41.0 Å². The van der Waals surface area contributed by atoms with Gasteiger partial charge in [0.05, 0.1) is 12.0 Å². The van der Waals surface area contributed by atoms with Gasteiger partial charge in [0.2, 0.25) is 0 Å². The topological polar surface area (TPSA) is 66.2 Å². The van der Waals surface area contributed by atoms with Crippen LogP contribution in [-0.2, 0) is 11.2 Å². The Morgan fingerprint density at radius 1 is 1.35 bits per heavy atom. The highest BCUT2D eigenvalue weighted by Crippen LogP contribution is 2.32. The molecule has 0 amide bonds. The van der Waals surface area contributed by atoms with E-state index in [1.54, 1.807) is 24.5 Å². The number of hydrogen-bond acceptors (Lipinski definition) is 2. The third-order valence-corrected chi connectivity index (χ3v) is 3.22. The molecule has 2 aromatic heterocycles. The number of benzene rings is 1. The number of aromatic amines is 1. The Morgan fingerprint density at radius 3 is 2.90 bits per heavy atom. The van der Waals surface area contributed by atoms with Crippen molar-refractivity contribution < 1.29 is 18.7 Å². The van der Waals surface area contributed by atoms with Gasteiger partial charge >= 0.3 is 5.97 Å². The van der Waals surface area contributed by atoms with E-state index in [-0.39, 0.29) is 12.2 Å². The van der Waals surface area contributed by atoms with E-state index in [0.717, 1.165) is 11.1 Å². The van der Waals surface area contributed by atoms with Crippen molar-refractivity contribution in [2.45, 2.75) is 12.8 Å². The van der Waals surface area contributed by atoms with Gasteiger partial charge in [0.25, 0.3) is 0 Å². The van der Waals surface area contributed by atoms with Crippen LogP contribution < -0.4 is 0 Å². The maximum absolute atomic E-state index is 13.4. The van der Waals surface area contributed by atoms with Crippen molar-refractivity contribution in [3.63, 3.8) is 0 Å². The maximum atomic E-state index is 13.4. The zero-order valence-electron chi connectivity index (χ0n) is 10.5. The summed E-state index contributed by atoms with van der Waals surface area (Å²) < 4.78 is 18.8. The highest BCUT2D eigenvalue weighted by Gasteiger charge is 2.16. The van der Waals surface area contributed by atoms with Crippen molar-refractivity contribution in [1.29, 1.82) is 0 Å². The van der Waals surface area contributed by atoms with E-state index in [4.69, 9.17) is 9.52 Å². The number of furan rings is 1. The minimum Gasteiger partial charge on any atom is -0.481 e. The zero-order valence-corrected chi connectivity index (χ0v) is 10.5. The highest BCUT2D eigenvalue weighted by atomic mass is 19.1. The van der Waals surface area contributed by atoms with Crippen LogP contribution in [0.2, 0.25) is 0 Å². The molecule has 0 radical (unpaired) electrons. The van der Waals surface area contributed by atoms with Crippen LogP contribution in [0.5, 0.6) is 0 Å². The Hall–Kier alpha value is -2.56. The van der Waals surface area contributed by atoms with Gasteiger partial charge in [0, 0.05) is 17.3 Å². The lowest BCUT2D eigenvalue weighted by atomic mass is 10.0. The van der Waals surface area contributed by atoms with E-state index in [9.17, 15) is 9.18 Å². The van der Waals surface area contributed by atoms with E-state index in [0.29, 0.717) is 23.3 Å². The predicted molar refractivity (Wildman–Crippen MR) is 71.9 cm³/mol. The van der Waals surface area contributed by atoms with Gasteiger partial charge in [-0.25, -0.2) is 4.39 Å². The summed E-state index contributed by atoms with van der Waals surface area (Å²) in [4.78, 5) is 14.0. The molecule has 1 aromatic carbocycles. The molecular formula is C15H12FNO3. The van der Waals surface area contributed by atoms with E-state index >= 15 is 0 Å². The van der Waals surface area contributed by atoms with E-state index < -0.39 is 5.97 Å². The lowest BCUT2D eigenvalue weighted by Gasteiger charge is -2.01. The van der Waals surface area contributed by atoms with Gasteiger partial charge in [0.15, 0.2) is 0 Å². The molecule has 0 spiro atoms. The standard InChI is InChI=1S/C15H12FNO3/c16-9-3-5-12-11(8-9)10(4-6-14(18)19)15(17-12)13-2-1-7-20-13/h1-3,5,7-8,17H,4,6H2,(H,18,19). The molecule has 2 heterocycles. The average Bonchev–Trinajstić information content (AvgIpc) is 3.02. The first kappa shape index (κ1) is 12.5. The summed E-state index contributed by atoms with van der Waals surface area (Å²) in [6.45, 7) is 0. The number of rotatable bonds is 4. The number of H-pyrrole nitrogens is 1. The largest absolute Gasteiger partial charge is 0.481 e. The molecule has 20 heavy (non-hydrogen) atoms. The molecule has 0 saturated carbocycles. The van der Waals surface area contributed by atoms with Gasteiger partial charge in [0.1, 0.15) is 11.6 Å². The smallest absolute Gasteiger partial charge is 0.303 e. The Kier molecular flexibility index (Phi) is 3.02. The molecule has 3 rings (SSSR count). The number of hydrogen-bond donors (Lipinski definition) is 2. The molecule has 0 bridgehead atoms. The SMILES string of the molecule is O=C(O)CCc1c(-c2ccco2)[nH]c2ccc(F)cc12. The monoisotopic (exact) mass is 273 g/mol. The summed E-state index contributed by atoms with van der Waals surface area (Å²) >= 11 is 0. The number of aryl methyl sites for hydroxylation is 1. The summed E-state index contributed by atoms with van der Waals surface area (Å²) in [5.41, 5.74) is 2.23. The number of carboxylic acid groups (broad SMARTS) is 1. The van der Waals surface area contributed by atoms with Gasteiger partial charge in [-0.2, -0.15) is 0 Å². The van der Waals surface area contributed by atoms with E-state index in [1.165, 1.54) is 12.1 Å². The number of nitrogens with one attached hydrogen (secondary N) is 1. The Labute approximate surface area is 113 Å². The molecule has 0 saturated heterocycles. The fourth-order valence-corrected chi connectivity index (χ4v) is 2.34. The first-order valence-corrected chi connectivity index (χ1v) is 6.21. The molecule has 0 aliphatic rings. The Morgan fingerprint density at radius 2 is 2.20 bits per heavy atom. The van der Waals surface area contributed by atoms with Crippen molar-refractivity contribution in [1.82, 2.24) is 4.98 Å². The van der Waals surface area contributed by atoms with Crippen molar-refractivity contribution in [2.75, 3.05) is 0 Å². The minimum absolute atomic E-state index is 0.0167. The van der Waals surface area contributed by atoms with Gasteiger partial charge in [-0.1, -0.05) is 0 Å². The summed E-state index contributed by atoms with van der Waals surface area (Å²) in [6, 6.07) is 7.95. The van der Waals surface area contributed by atoms with E-state index in [1.807, 2.05) is 0 Å². The van der Waals surface area contributed by atoms with Crippen LogP contribution in [0.1, 0.15) is 12.0 Å². The van der Waals surface area contributed by atoms with E-state index in [2.05, 4.69) is 4.98 Å². The summed E-state index contributed by atoms with van der Waals surface area (Å²) in [5, 5.41) is 9.54.